The van der Waals surface area contributed by atoms with Crippen LogP contribution in [0.15, 0.2) is 59.9 Å². The highest BCUT2D eigenvalue weighted by atomic mass is 32.2. The summed E-state index contributed by atoms with van der Waals surface area (Å²) in [6, 6.07) is 16.4. The summed E-state index contributed by atoms with van der Waals surface area (Å²) in [5.41, 5.74) is 4.44. The van der Waals surface area contributed by atoms with Gasteiger partial charge >= 0.3 is 0 Å². The molecule has 29 heavy (non-hydrogen) atoms. The van der Waals surface area contributed by atoms with Crippen LogP contribution in [0.3, 0.4) is 0 Å². The van der Waals surface area contributed by atoms with E-state index in [2.05, 4.69) is 52.3 Å². The predicted octanol–water partition coefficient (Wildman–Crippen LogP) is 4.55. The highest BCUT2D eigenvalue weighted by Gasteiger charge is 2.13. The third-order valence-corrected chi connectivity index (χ3v) is 5.66. The van der Waals surface area contributed by atoms with Crippen molar-refractivity contribution in [2.45, 2.75) is 24.3 Å². The number of hydrogen-bond acceptors (Lipinski definition) is 6. The fraction of sp³-hybridized carbons (Fsp3) is 0.227. The first-order valence-corrected chi connectivity index (χ1v) is 10.5. The van der Waals surface area contributed by atoms with Gasteiger partial charge in [-0.1, -0.05) is 47.7 Å². The summed E-state index contributed by atoms with van der Waals surface area (Å²) in [5, 5.41) is 5.38. The van der Waals surface area contributed by atoms with Gasteiger partial charge in [-0.2, -0.15) is 9.50 Å². The molecule has 2 aromatic heterocycles. The lowest BCUT2D eigenvalue weighted by molar-refractivity contribution is 0.297. The van der Waals surface area contributed by atoms with Crippen molar-refractivity contribution in [2.75, 3.05) is 13.2 Å². The molecule has 4 aromatic rings. The van der Waals surface area contributed by atoms with Gasteiger partial charge in [-0.05, 0) is 30.7 Å². The molecule has 0 aliphatic carbocycles. The zero-order valence-corrected chi connectivity index (χ0v) is 16.9. The van der Waals surface area contributed by atoms with Crippen molar-refractivity contribution < 1.29 is 9.47 Å². The van der Waals surface area contributed by atoms with Crippen LogP contribution in [0.5, 0.6) is 11.5 Å². The second-order valence-electron chi connectivity index (χ2n) is 6.92. The number of hydrogen-bond donors (Lipinski definition) is 0. The average Bonchev–Trinajstić information content (AvgIpc) is 3.02. The molecule has 0 atom stereocenters. The van der Waals surface area contributed by atoms with E-state index in [1.54, 1.807) is 22.5 Å². The van der Waals surface area contributed by atoms with Crippen molar-refractivity contribution in [1.29, 1.82) is 0 Å². The lowest BCUT2D eigenvalue weighted by Crippen LogP contribution is -1.97. The Balaban J connectivity index is 1.38. The van der Waals surface area contributed by atoms with Gasteiger partial charge in [0.2, 0.25) is 5.16 Å². The molecule has 2 aromatic carbocycles. The molecule has 0 radical (unpaired) electrons. The Morgan fingerprint density at radius 1 is 1.00 bits per heavy atom. The molecule has 0 saturated heterocycles. The minimum atomic E-state index is 0.601. The zero-order chi connectivity index (χ0) is 19.6. The number of aromatic nitrogens is 4. The molecule has 0 bridgehead atoms. The van der Waals surface area contributed by atoms with Gasteiger partial charge in [-0.25, -0.2) is 4.98 Å². The standard InChI is InChI=1S/C22H20N4O2S/c1-15-3-6-17(7-4-15)18-9-10-23-21-24-22(25-26(18)21)29-14-16-5-8-19-20(13-16)28-12-2-11-27-19/h3-10,13H,2,11-12,14H2,1H3. The Kier molecular flexibility index (Phi) is 4.81. The minimum Gasteiger partial charge on any atom is -0.490 e. The highest BCUT2D eigenvalue weighted by Crippen LogP contribution is 2.32. The van der Waals surface area contributed by atoms with E-state index in [0.717, 1.165) is 40.5 Å². The molecule has 1 aliphatic heterocycles. The van der Waals surface area contributed by atoms with Crippen LogP contribution in [0, 0.1) is 6.92 Å². The molecule has 7 heteroatoms. The lowest BCUT2D eigenvalue weighted by Gasteiger charge is -2.08. The normalized spacial score (nSPS) is 13.4. The Morgan fingerprint density at radius 3 is 2.69 bits per heavy atom. The summed E-state index contributed by atoms with van der Waals surface area (Å²) in [7, 11) is 0. The maximum absolute atomic E-state index is 5.78. The van der Waals surface area contributed by atoms with Gasteiger partial charge in [0.1, 0.15) is 0 Å². The van der Waals surface area contributed by atoms with Gasteiger partial charge < -0.3 is 9.47 Å². The molecular weight excluding hydrogens is 384 g/mol. The third kappa shape index (κ3) is 3.78. The Bertz CT molecular complexity index is 1160. The van der Waals surface area contributed by atoms with E-state index in [1.165, 1.54) is 5.56 Å². The summed E-state index contributed by atoms with van der Waals surface area (Å²) in [6.07, 6.45) is 2.68. The first-order valence-electron chi connectivity index (χ1n) is 9.56. The molecule has 1 aliphatic rings. The van der Waals surface area contributed by atoms with Gasteiger partial charge in [0.15, 0.2) is 11.5 Å². The number of nitrogens with zero attached hydrogens (tertiary/aromatic N) is 4. The predicted molar refractivity (Wildman–Crippen MR) is 113 cm³/mol. The number of benzene rings is 2. The number of fused-ring (bicyclic) bond motifs is 2. The average molecular weight is 404 g/mol. The molecule has 6 nitrogen and oxygen atoms in total. The molecule has 0 spiro atoms. The second kappa shape index (κ2) is 7.75. The molecule has 3 heterocycles. The minimum absolute atomic E-state index is 0.601. The molecule has 0 amide bonds. The van der Waals surface area contributed by atoms with E-state index in [9.17, 15) is 0 Å². The quantitative estimate of drug-likeness (QED) is 0.465. The summed E-state index contributed by atoms with van der Waals surface area (Å²) in [5.74, 6) is 2.97. The fourth-order valence-corrected chi connectivity index (χ4v) is 3.99. The Morgan fingerprint density at radius 2 is 1.83 bits per heavy atom. The Labute approximate surface area is 172 Å². The number of thioether (sulfide) groups is 1. The summed E-state index contributed by atoms with van der Waals surface area (Å²) in [6.45, 7) is 3.46. The van der Waals surface area contributed by atoms with E-state index >= 15 is 0 Å². The van der Waals surface area contributed by atoms with Gasteiger partial charge in [-0.15, -0.1) is 5.10 Å². The smallest absolute Gasteiger partial charge is 0.253 e. The monoisotopic (exact) mass is 404 g/mol. The molecular formula is C22H20N4O2S. The number of rotatable bonds is 4. The van der Waals surface area contributed by atoms with Crippen LogP contribution in [-0.2, 0) is 5.75 Å². The molecule has 0 unspecified atom stereocenters. The summed E-state index contributed by atoms with van der Waals surface area (Å²) >= 11 is 1.58. The van der Waals surface area contributed by atoms with E-state index in [1.807, 2.05) is 18.2 Å². The highest BCUT2D eigenvalue weighted by molar-refractivity contribution is 7.98. The van der Waals surface area contributed by atoms with E-state index in [0.29, 0.717) is 24.1 Å². The van der Waals surface area contributed by atoms with Crippen molar-refractivity contribution in [3.8, 4) is 22.8 Å². The molecule has 0 saturated carbocycles. The van der Waals surface area contributed by atoms with Crippen LogP contribution >= 0.6 is 11.8 Å². The maximum atomic E-state index is 5.78. The SMILES string of the molecule is Cc1ccc(-c2ccnc3nc(SCc4ccc5c(c4)OCCCO5)nn23)cc1. The van der Waals surface area contributed by atoms with E-state index < -0.39 is 0 Å². The third-order valence-electron chi connectivity index (χ3n) is 4.75. The molecule has 0 N–H and O–H groups in total. The Hall–Kier alpha value is -3.06. The van der Waals surface area contributed by atoms with Gasteiger partial charge in [0.25, 0.3) is 5.78 Å². The van der Waals surface area contributed by atoms with Crippen molar-refractivity contribution in [1.82, 2.24) is 19.6 Å². The van der Waals surface area contributed by atoms with Gasteiger partial charge in [-0.3, -0.25) is 0 Å². The number of ether oxygens (including phenoxy) is 2. The van der Waals surface area contributed by atoms with Crippen LogP contribution in [0.4, 0.5) is 0 Å². The molecule has 5 rings (SSSR count). The summed E-state index contributed by atoms with van der Waals surface area (Å²) in [4.78, 5) is 8.95. The van der Waals surface area contributed by atoms with Crippen LogP contribution in [-0.4, -0.2) is 32.8 Å². The van der Waals surface area contributed by atoms with Gasteiger partial charge in [0.05, 0.1) is 18.9 Å². The zero-order valence-electron chi connectivity index (χ0n) is 16.0. The molecule has 146 valence electrons. The topological polar surface area (TPSA) is 61.5 Å². The summed E-state index contributed by atoms with van der Waals surface area (Å²) < 4.78 is 13.3. The molecule has 0 fully saturated rings. The van der Waals surface area contributed by atoms with E-state index in [4.69, 9.17) is 9.47 Å². The van der Waals surface area contributed by atoms with Crippen molar-refractivity contribution in [3.05, 3.63) is 65.9 Å². The van der Waals surface area contributed by atoms with Crippen molar-refractivity contribution >= 4 is 17.5 Å². The van der Waals surface area contributed by atoms with Crippen LogP contribution in [0.1, 0.15) is 17.5 Å². The van der Waals surface area contributed by atoms with Crippen LogP contribution in [0.25, 0.3) is 17.0 Å². The van der Waals surface area contributed by atoms with Crippen molar-refractivity contribution in [2.24, 2.45) is 0 Å². The maximum Gasteiger partial charge on any atom is 0.253 e. The van der Waals surface area contributed by atoms with Crippen molar-refractivity contribution in [3.63, 3.8) is 0 Å². The van der Waals surface area contributed by atoms with E-state index in [-0.39, 0.29) is 0 Å². The first kappa shape index (κ1) is 18.0. The van der Waals surface area contributed by atoms with Crippen LogP contribution in [0.2, 0.25) is 0 Å². The second-order valence-corrected chi connectivity index (χ2v) is 7.87. The first-order chi connectivity index (χ1) is 14.3. The van der Waals surface area contributed by atoms with Crippen LogP contribution < -0.4 is 9.47 Å². The van der Waals surface area contributed by atoms with Gasteiger partial charge in [0, 0.05) is 23.9 Å². The number of aryl methyl sites for hydroxylation is 1. The largest absolute Gasteiger partial charge is 0.490 e. The lowest BCUT2D eigenvalue weighted by atomic mass is 10.1. The fourth-order valence-electron chi connectivity index (χ4n) is 3.23.